The molecule has 1 aromatic carbocycles. The second-order valence-electron chi connectivity index (χ2n) is 4.67. The van der Waals surface area contributed by atoms with Gasteiger partial charge in [-0.2, -0.15) is 0 Å². The zero-order valence-corrected chi connectivity index (χ0v) is 12.0. The third-order valence-electron chi connectivity index (χ3n) is 3.65. The minimum absolute atomic E-state index is 0.0862. The number of ether oxygens (including phenoxy) is 1. The van der Waals surface area contributed by atoms with Gasteiger partial charge in [0, 0.05) is 22.4 Å². The monoisotopic (exact) mass is 320 g/mol. The normalized spacial score (nSPS) is 28.6. The summed E-state index contributed by atoms with van der Waals surface area (Å²) < 4.78 is 20.2. The Hall–Kier alpha value is -0.120. The van der Waals surface area contributed by atoms with Gasteiger partial charge in [-0.3, -0.25) is 0 Å². The van der Waals surface area contributed by atoms with Crippen LogP contribution in [0.15, 0.2) is 22.7 Å². The van der Waals surface area contributed by atoms with Crippen LogP contribution in [0.5, 0.6) is 0 Å². The average Bonchev–Trinajstić information content (AvgIpc) is 2.65. The molecule has 17 heavy (non-hydrogen) atoms. The number of hydrogen-bond donors (Lipinski definition) is 0. The Morgan fingerprint density at radius 2 is 2.35 bits per heavy atom. The third kappa shape index (κ3) is 2.67. The van der Waals surface area contributed by atoms with E-state index in [9.17, 15) is 4.39 Å². The highest BCUT2D eigenvalue weighted by Gasteiger charge is 2.41. The molecule has 94 valence electrons. The molecule has 1 aromatic rings. The summed E-state index contributed by atoms with van der Waals surface area (Å²) in [5.74, 6) is 0.326. The molecule has 1 heterocycles. The van der Waals surface area contributed by atoms with Crippen LogP contribution in [-0.4, -0.2) is 18.6 Å². The van der Waals surface area contributed by atoms with E-state index in [0.29, 0.717) is 24.5 Å². The Balaban J connectivity index is 2.24. The number of alkyl halides is 1. The molecule has 4 heteroatoms. The molecule has 1 aliphatic heterocycles. The molecule has 0 N–H and O–H groups in total. The molecule has 1 aliphatic rings. The van der Waals surface area contributed by atoms with Gasteiger partial charge in [-0.1, -0.05) is 22.0 Å². The molecule has 2 atom stereocenters. The number of rotatable bonds is 3. The first-order valence-electron chi connectivity index (χ1n) is 5.69. The van der Waals surface area contributed by atoms with Crippen LogP contribution in [0.25, 0.3) is 0 Å². The van der Waals surface area contributed by atoms with Crippen LogP contribution in [0.2, 0.25) is 0 Å². The van der Waals surface area contributed by atoms with E-state index in [4.69, 9.17) is 16.3 Å². The predicted octanol–water partition coefficient (Wildman–Crippen LogP) is 4.16. The zero-order chi connectivity index (χ0) is 12.5. The number of hydrogen-bond acceptors (Lipinski definition) is 1. The summed E-state index contributed by atoms with van der Waals surface area (Å²) in [6.07, 6.45) is 1.62. The Labute approximate surface area is 114 Å². The van der Waals surface area contributed by atoms with Gasteiger partial charge in [-0.05, 0) is 37.5 Å². The quantitative estimate of drug-likeness (QED) is 0.759. The van der Waals surface area contributed by atoms with Gasteiger partial charge in [0.05, 0.1) is 6.10 Å². The van der Waals surface area contributed by atoms with Gasteiger partial charge in [0.15, 0.2) is 0 Å². The van der Waals surface area contributed by atoms with Crippen molar-refractivity contribution in [2.75, 3.05) is 12.5 Å². The minimum Gasteiger partial charge on any atom is -0.378 e. The van der Waals surface area contributed by atoms with E-state index >= 15 is 0 Å². The van der Waals surface area contributed by atoms with Crippen LogP contribution in [0.4, 0.5) is 4.39 Å². The summed E-state index contributed by atoms with van der Waals surface area (Å²) in [5, 5.41) is 0. The van der Waals surface area contributed by atoms with E-state index in [1.165, 1.54) is 6.07 Å². The molecule has 0 bridgehead atoms. The average molecular weight is 322 g/mol. The maximum Gasteiger partial charge on any atom is 0.127 e. The Morgan fingerprint density at radius 3 is 2.88 bits per heavy atom. The Bertz CT molecular complexity index is 412. The molecular weight excluding hydrogens is 306 g/mol. The van der Waals surface area contributed by atoms with Gasteiger partial charge in [0.1, 0.15) is 5.82 Å². The molecule has 0 aliphatic carbocycles. The molecule has 2 rings (SSSR count). The van der Waals surface area contributed by atoms with Gasteiger partial charge < -0.3 is 4.74 Å². The summed E-state index contributed by atoms with van der Waals surface area (Å²) in [7, 11) is 0. The van der Waals surface area contributed by atoms with Crippen molar-refractivity contribution in [3.63, 3.8) is 0 Å². The maximum atomic E-state index is 13.8. The van der Waals surface area contributed by atoms with Crippen LogP contribution >= 0.6 is 27.5 Å². The first-order valence-corrected chi connectivity index (χ1v) is 7.02. The first-order chi connectivity index (χ1) is 8.07. The third-order valence-corrected chi connectivity index (χ3v) is 4.68. The van der Waals surface area contributed by atoms with E-state index in [0.717, 1.165) is 10.9 Å². The van der Waals surface area contributed by atoms with Crippen molar-refractivity contribution >= 4 is 27.5 Å². The number of halogens is 3. The van der Waals surface area contributed by atoms with Gasteiger partial charge in [-0.15, -0.1) is 11.6 Å². The van der Waals surface area contributed by atoms with Crippen molar-refractivity contribution < 1.29 is 9.13 Å². The van der Waals surface area contributed by atoms with Crippen LogP contribution in [-0.2, 0) is 11.2 Å². The van der Waals surface area contributed by atoms with Gasteiger partial charge in [-0.25, -0.2) is 4.39 Å². The highest BCUT2D eigenvalue weighted by atomic mass is 79.9. The predicted molar refractivity (Wildman–Crippen MR) is 71.0 cm³/mol. The van der Waals surface area contributed by atoms with Crippen molar-refractivity contribution in [1.29, 1.82) is 0 Å². The highest BCUT2D eigenvalue weighted by molar-refractivity contribution is 9.10. The van der Waals surface area contributed by atoms with E-state index < -0.39 is 0 Å². The number of benzene rings is 1. The van der Waals surface area contributed by atoms with E-state index in [2.05, 4.69) is 15.9 Å². The largest absolute Gasteiger partial charge is 0.378 e. The van der Waals surface area contributed by atoms with Crippen LogP contribution in [0.3, 0.4) is 0 Å². The SMILES string of the molecule is CC1OCCC1(CCl)Cc1ccc(Br)cc1F. The molecular formula is C13H15BrClFO. The molecule has 1 fully saturated rings. The lowest BCUT2D eigenvalue weighted by Crippen LogP contribution is -2.33. The van der Waals surface area contributed by atoms with Crippen LogP contribution in [0, 0.1) is 11.2 Å². The standard InChI is InChI=1S/C13H15BrClFO/c1-9-13(8-15,4-5-17-9)7-10-2-3-11(14)6-12(10)16/h2-3,6,9H,4-5,7-8H2,1H3. The topological polar surface area (TPSA) is 9.23 Å². The molecule has 0 aromatic heterocycles. The second-order valence-corrected chi connectivity index (χ2v) is 5.85. The fourth-order valence-electron chi connectivity index (χ4n) is 2.32. The van der Waals surface area contributed by atoms with E-state index in [1.807, 2.05) is 19.1 Å². The second kappa shape index (κ2) is 5.25. The highest BCUT2D eigenvalue weighted by Crippen LogP contribution is 2.39. The van der Waals surface area contributed by atoms with Gasteiger partial charge in [0.2, 0.25) is 0 Å². The molecule has 0 spiro atoms. The fourth-order valence-corrected chi connectivity index (χ4v) is 3.10. The van der Waals surface area contributed by atoms with Crippen molar-refractivity contribution in [1.82, 2.24) is 0 Å². The van der Waals surface area contributed by atoms with Gasteiger partial charge >= 0.3 is 0 Å². The Kier molecular flexibility index (Phi) is 4.11. The Morgan fingerprint density at radius 1 is 1.59 bits per heavy atom. The van der Waals surface area contributed by atoms with Crippen molar-refractivity contribution in [2.45, 2.75) is 25.9 Å². The lowest BCUT2D eigenvalue weighted by molar-refractivity contribution is 0.0732. The molecule has 0 saturated carbocycles. The van der Waals surface area contributed by atoms with Crippen molar-refractivity contribution in [3.05, 3.63) is 34.1 Å². The van der Waals surface area contributed by atoms with Crippen molar-refractivity contribution in [3.8, 4) is 0 Å². The van der Waals surface area contributed by atoms with Gasteiger partial charge in [0.25, 0.3) is 0 Å². The van der Waals surface area contributed by atoms with Crippen LogP contribution in [0.1, 0.15) is 18.9 Å². The van der Waals surface area contributed by atoms with E-state index in [1.54, 1.807) is 0 Å². The minimum atomic E-state index is -0.178. The molecule has 2 unspecified atom stereocenters. The summed E-state index contributed by atoms with van der Waals surface area (Å²) in [5.41, 5.74) is 0.585. The lowest BCUT2D eigenvalue weighted by Gasteiger charge is -2.30. The van der Waals surface area contributed by atoms with Crippen molar-refractivity contribution in [2.24, 2.45) is 5.41 Å². The first kappa shape index (κ1) is 13.3. The van der Waals surface area contributed by atoms with Crippen LogP contribution < -0.4 is 0 Å². The fraction of sp³-hybridized carbons (Fsp3) is 0.538. The van der Waals surface area contributed by atoms with E-state index in [-0.39, 0.29) is 17.3 Å². The summed E-state index contributed by atoms with van der Waals surface area (Å²) in [4.78, 5) is 0. The molecule has 0 radical (unpaired) electrons. The lowest BCUT2D eigenvalue weighted by atomic mass is 9.78. The summed E-state index contributed by atoms with van der Waals surface area (Å²) in [6.45, 7) is 2.73. The molecule has 1 saturated heterocycles. The summed E-state index contributed by atoms with van der Waals surface area (Å²) >= 11 is 9.34. The molecule has 1 nitrogen and oxygen atoms in total. The maximum absolute atomic E-state index is 13.8. The zero-order valence-electron chi connectivity index (χ0n) is 9.68. The summed E-state index contributed by atoms with van der Waals surface area (Å²) in [6, 6.07) is 5.18. The smallest absolute Gasteiger partial charge is 0.127 e. The molecule has 0 amide bonds.